The summed E-state index contributed by atoms with van der Waals surface area (Å²) in [6.45, 7) is 7.10. The van der Waals surface area contributed by atoms with Crippen molar-refractivity contribution in [3.05, 3.63) is 53.0 Å². The average Bonchev–Trinajstić information content (AvgIpc) is 3.40. The zero-order valence-electron chi connectivity index (χ0n) is 17.8. The largest absolute Gasteiger partial charge is 0.379 e. The molecule has 1 amide bonds. The predicted octanol–water partition coefficient (Wildman–Crippen LogP) is 5.01. The van der Waals surface area contributed by atoms with Crippen LogP contribution in [0.4, 0.5) is 5.13 Å². The molecule has 0 unspecified atom stereocenters. The highest BCUT2D eigenvalue weighted by molar-refractivity contribution is 7.23. The number of morpholine rings is 1. The summed E-state index contributed by atoms with van der Waals surface area (Å²) in [5.74, 6) is -0.0704. The molecule has 9 heteroatoms. The zero-order chi connectivity index (χ0) is 21.2. The van der Waals surface area contributed by atoms with E-state index in [-0.39, 0.29) is 18.3 Å². The average molecular weight is 489 g/mol. The lowest BCUT2D eigenvalue weighted by atomic mass is 10.2. The Morgan fingerprint density at radius 2 is 1.84 bits per heavy atom. The van der Waals surface area contributed by atoms with Gasteiger partial charge in [0.25, 0.3) is 5.91 Å². The molecule has 1 aliphatic heterocycles. The van der Waals surface area contributed by atoms with E-state index in [1.807, 2.05) is 35.2 Å². The summed E-state index contributed by atoms with van der Waals surface area (Å²) in [6, 6.07) is 14.1. The maximum atomic E-state index is 13.5. The summed E-state index contributed by atoms with van der Waals surface area (Å²) in [5, 5.41) is 1.26. The number of aromatic nitrogens is 2. The van der Waals surface area contributed by atoms with Crippen LogP contribution in [0.25, 0.3) is 20.4 Å². The van der Waals surface area contributed by atoms with Crippen LogP contribution in [-0.2, 0) is 4.74 Å². The Morgan fingerprint density at radius 1 is 1.06 bits per heavy atom. The molecule has 0 N–H and O–H groups in total. The maximum Gasteiger partial charge on any atom is 0.289 e. The summed E-state index contributed by atoms with van der Waals surface area (Å²) in [7, 11) is 0. The number of para-hydroxylation sites is 1. The number of halogens is 1. The first-order valence-corrected chi connectivity index (χ1v) is 12.2. The summed E-state index contributed by atoms with van der Waals surface area (Å²) in [6.07, 6.45) is 0.881. The molecule has 168 valence electrons. The number of amides is 1. The number of nitrogens with zero attached hydrogens (tertiary/aromatic N) is 4. The normalized spacial score (nSPS) is 14.5. The van der Waals surface area contributed by atoms with Gasteiger partial charge in [0, 0.05) is 26.2 Å². The van der Waals surface area contributed by atoms with Crippen LogP contribution >= 0.6 is 35.1 Å². The van der Waals surface area contributed by atoms with Gasteiger partial charge in [-0.15, -0.1) is 23.7 Å². The number of hydrogen-bond donors (Lipinski definition) is 0. The first-order valence-electron chi connectivity index (χ1n) is 10.5. The SMILES string of the molecule is Cc1ccc2nc(N(CCCN3CCOCC3)C(=O)c3nc4ccccc4s3)sc2c1.Cl. The molecule has 3 heterocycles. The summed E-state index contributed by atoms with van der Waals surface area (Å²) >= 11 is 3.02. The molecule has 5 rings (SSSR count). The lowest BCUT2D eigenvalue weighted by Crippen LogP contribution is -2.39. The predicted molar refractivity (Wildman–Crippen MR) is 135 cm³/mol. The highest BCUT2D eigenvalue weighted by atomic mass is 35.5. The maximum absolute atomic E-state index is 13.5. The molecule has 4 aromatic rings. The van der Waals surface area contributed by atoms with Gasteiger partial charge in [0.05, 0.1) is 33.6 Å². The summed E-state index contributed by atoms with van der Waals surface area (Å²) < 4.78 is 7.57. The molecule has 2 aromatic heterocycles. The van der Waals surface area contributed by atoms with Crippen molar-refractivity contribution in [3.63, 3.8) is 0 Å². The van der Waals surface area contributed by atoms with Crippen molar-refractivity contribution >= 4 is 66.6 Å². The number of ether oxygens (including phenoxy) is 1. The second-order valence-electron chi connectivity index (χ2n) is 7.72. The number of rotatable bonds is 6. The monoisotopic (exact) mass is 488 g/mol. The van der Waals surface area contributed by atoms with Crippen molar-refractivity contribution in [2.24, 2.45) is 0 Å². The van der Waals surface area contributed by atoms with Gasteiger partial charge in [0.15, 0.2) is 10.1 Å². The number of benzene rings is 2. The van der Waals surface area contributed by atoms with E-state index in [4.69, 9.17) is 9.72 Å². The summed E-state index contributed by atoms with van der Waals surface area (Å²) in [5.41, 5.74) is 2.99. The molecular formula is C23H25ClN4O2S2. The first-order chi connectivity index (χ1) is 15.2. The van der Waals surface area contributed by atoms with Crippen LogP contribution in [0.2, 0.25) is 0 Å². The third kappa shape index (κ3) is 4.94. The fourth-order valence-corrected chi connectivity index (χ4v) is 5.78. The molecule has 1 aliphatic rings. The van der Waals surface area contributed by atoms with Crippen molar-refractivity contribution in [1.82, 2.24) is 14.9 Å². The molecule has 6 nitrogen and oxygen atoms in total. The second kappa shape index (κ2) is 10.2. The third-order valence-corrected chi connectivity index (χ3v) is 7.51. The van der Waals surface area contributed by atoms with Crippen LogP contribution in [0.15, 0.2) is 42.5 Å². The Bertz CT molecular complexity index is 1190. The van der Waals surface area contributed by atoms with Crippen molar-refractivity contribution in [2.75, 3.05) is 44.3 Å². The van der Waals surface area contributed by atoms with Gasteiger partial charge in [-0.3, -0.25) is 14.6 Å². The van der Waals surface area contributed by atoms with Gasteiger partial charge < -0.3 is 4.74 Å². The third-order valence-electron chi connectivity index (χ3n) is 5.45. The van der Waals surface area contributed by atoms with Crippen LogP contribution in [0.3, 0.4) is 0 Å². The lowest BCUT2D eigenvalue weighted by molar-refractivity contribution is 0.0376. The van der Waals surface area contributed by atoms with E-state index in [1.165, 1.54) is 16.9 Å². The number of anilines is 1. The number of hydrogen-bond acceptors (Lipinski definition) is 7. The molecule has 0 bridgehead atoms. The van der Waals surface area contributed by atoms with E-state index >= 15 is 0 Å². The zero-order valence-corrected chi connectivity index (χ0v) is 20.3. The van der Waals surface area contributed by atoms with Gasteiger partial charge in [-0.1, -0.05) is 29.5 Å². The minimum absolute atomic E-state index is 0. The molecule has 0 radical (unpaired) electrons. The molecule has 0 atom stereocenters. The Labute approximate surface area is 201 Å². The van der Waals surface area contributed by atoms with E-state index in [1.54, 1.807) is 11.3 Å². The van der Waals surface area contributed by atoms with Gasteiger partial charge in [-0.05, 0) is 43.2 Å². The molecular weight excluding hydrogens is 464 g/mol. The molecule has 1 fully saturated rings. The number of thiazole rings is 2. The lowest BCUT2D eigenvalue weighted by Gasteiger charge is -2.27. The van der Waals surface area contributed by atoms with E-state index in [2.05, 4.69) is 28.9 Å². The summed E-state index contributed by atoms with van der Waals surface area (Å²) in [4.78, 5) is 27.1. The molecule has 1 saturated heterocycles. The fourth-order valence-electron chi connectivity index (χ4n) is 3.78. The Morgan fingerprint density at radius 3 is 2.66 bits per heavy atom. The van der Waals surface area contributed by atoms with Crippen LogP contribution in [0.1, 0.15) is 21.8 Å². The van der Waals surface area contributed by atoms with Crippen molar-refractivity contribution in [3.8, 4) is 0 Å². The fraction of sp³-hybridized carbons (Fsp3) is 0.348. The van der Waals surface area contributed by atoms with Gasteiger partial charge in [0.2, 0.25) is 0 Å². The van der Waals surface area contributed by atoms with Gasteiger partial charge >= 0.3 is 0 Å². The van der Waals surface area contributed by atoms with Crippen LogP contribution < -0.4 is 4.90 Å². The standard InChI is InChI=1S/C23H24N4O2S2.ClH/c1-16-7-8-18-20(15-16)31-23(25-18)27(10-4-9-26-11-13-29-14-12-26)22(28)21-24-17-5-2-3-6-19(17)30-21;/h2-3,5-8,15H,4,9-14H2,1H3;1H. The smallest absolute Gasteiger partial charge is 0.289 e. The van der Waals surface area contributed by atoms with Crippen molar-refractivity contribution < 1.29 is 9.53 Å². The van der Waals surface area contributed by atoms with Crippen LogP contribution in [0.5, 0.6) is 0 Å². The van der Waals surface area contributed by atoms with Crippen LogP contribution in [0, 0.1) is 6.92 Å². The highest BCUT2D eigenvalue weighted by Gasteiger charge is 2.24. The van der Waals surface area contributed by atoms with Crippen molar-refractivity contribution in [1.29, 1.82) is 0 Å². The first kappa shape index (κ1) is 23.1. The van der Waals surface area contributed by atoms with E-state index < -0.39 is 0 Å². The number of fused-ring (bicyclic) bond motifs is 2. The number of carbonyl (C=O) groups excluding carboxylic acids is 1. The van der Waals surface area contributed by atoms with Gasteiger partial charge in [-0.2, -0.15) is 0 Å². The Kier molecular flexibility index (Phi) is 7.37. The second-order valence-corrected chi connectivity index (χ2v) is 9.76. The van der Waals surface area contributed by atoms with Gasteiger partial charge in [-0.25, -0.2) is 9.97 Å². The van der Waals surface area contributed by atoms with E-state index in [9.17, 15) is 4.79 Å². The molecule has 0 aliphatic carbocycles. The van der Waals surface area contributed by atoms with E-state index in [0.29, 0.717) is 11.6 Å². The van der Waals surface area contributed by atoms with Gasteiger partial charge in [0.1, 0.15) is 0 Å². The number of aryl methyl sites for hydroxylation is 1. The van der Waals surface area contributed by atoms with E-state index in [0.717, 1.165) is 64.8 Å². The Balaban J connectivity index is 0.00000245. The number of carbonyl (C=O) groups is 1. The minimum atomic E-state index is -0.0704. The highest BCUT2D eigenvalue weighted by Crippen LogP contribution is 2.32. The Hall–Kier alpha value is -2.10. The topological polar surface area (TPSA) is 58.6 Å². The molecule has 32 heavy (non-hydrogen) atoms. The quantitative estimate of drug-likeness (QED) is 0.382. The minimum Gasteiger partial charge on any atom is -0.379 e. The van der Waals surface area contributed by atoms with Crippen LogP contribution in [-0.4, -0.2) is 60.2 Å². The molecule has 2 aromatic carbocycles. The molecule has 0 saturated carbocycles. The molecule has 0 spiro atoms. The van der Waals surface area contributed by atoms with Crippen molar-refractivity contribution in [2.45, 2.75) is 13.3 Å².